The molecule has 1 aromatic carbocycles. The van der Waals surface area contributed by atoms with E-state index in [1.807, 2.05) is 0 Å². The Morgan fingerprint density at radius 2 is 2.00 bits per heavy atom. The van der Waals surface area contributed by atoms with Gasteiger partial charge in [-0.3, -0.25) is 0 Å². The molecule has 1 nitrogen and oxygen atoms in total. The van der Waals surface area contributed by atoms with E-state index in [-0.39, 0.29) is 18.2 Å². The molecule has 0 aliphatic rings. The van der Waals surface area contributed by atoms with E-state index in [1.165, 1.54) is 6.07 Å². The first-order chi connectivity index (χ1) is 4.20. The van der Waals surface area contributed by atoms with Crippen molar-refractivity contribution >= 4 is 45.2 Å². The van der Waals surface area contributed by atoms with Gasteiger partial charge >= 0.3 is 66.9 Å². The van der Waals surface area contributed by atoms with Crippen molar-refractivity contribution in [3.8, 4) is 5.75 Å². The van der Waals surface area contributed by atoms with Crippen molar-refractivity contribution in [3.63, 3.8) is 0 Å². The molecule has 0 heterocycles. The number of phenols is 1. The minimum atomic E-state index is 0. The van der Waals surface area contributed by atoms with Crippen LogP contribution in [0, 0.1) is 0 Å². The Bertz CT molecular complexity index is 227. The van der Waals surface area contributed by atoms with Gasteiger partial charge in [-0.2, -0.15) is 0 Å². The first-order valence-corrected chi connectivity index (χ1v) is 3.69. The quantitative estimate of drug-likeness (QED) is 0.675. The Labute approximate surface area is 79.3 Å². The number of aromatic hydroxyl groups is 1. The number of benzene rings is 1. The zero-order chi connectivity index (χ0) is 6.85. The average molecular weight is 239 g/mol. The van der Waals surface area contributed by atoms with Crippen LogP contribution in [0.5, 0.6) is 5.75 Å². The van der Waals surface area contributed by atoms with Crippen LogP contribution in [-0.2, 0) is 0 Å². The second-order valence-electron chi connectivity index (χ2n) is 1.64. The van der Waals surface area contributed by atoms with Crippen LogP contribution in [0.2, 0.25) is 5.02 Å². The third-order valence-electron chi connectivity index (χ3n) is 0.931. The predicted octanol–water partition coefficient (Wildman–Crippen LogP) is 1.26. The fourth-order valence-electron chi connectivity index (χ4n) is 0.496. The van der Waals surface area contributed by atoms with E-state index in [2.05, 4.69) is 16.9 Å². The summed E-state index contributed by atoms with van der Waals surface area (Å²) in [6, 6.07) is 4.85. The number of hydrogen-bond donors (Lipinski definition) is 1. The fourth-order valence-corrected chi connectivity index (χ4v) is 0.962. The molecule has 0 spiro atoms. The van der Waals surface area contributed by atoms with E-state index in [0.29, 0.717) is 5.02 Å². The first kappa shape index (κ1) is 10.2. The van der Waals surface area contributed by atoms with Gasteiger partial charge in [0.25, 0.3) is 0 Å². The number of rotatable bonds is 0. The van der Waals surface area contributed by atoms with Crippen LogP contribution in [0.1, 0.15) is 0 Å². The first-order valence-electron chi connectivity index (χ1n) is 2.37. The molecule has 0 aliphatic heterocycles. The summed E-state index contributed by atoms with van der Waals surface area (Å²) in [7, 11) is 0. The monoisotopic (exact) mass is 238 g/mol. The zero-order valence-electron chi connectivity index (χ0n) is 4.91. The van der Waals surface area contributed by atoms with Crippen molar-refractivity contribution in [1.82, 2.24) is 0 Å². The van der Waals surface area contributed by atoms with Crippen LogP contribution < -0.4 is 4.35 Å². The molecule has 2 radical (unpaired) electrons. The van der Waals surface area contributed by atoms with Crippen LogP contribution in [0.3, 0.4) is 0 Å². The van der Waals surface area contributed by atoms with Crippen LogP contribution in [0.15, 0.2) is 18.2 Å². The number of phenolic OH excluding ortho intramolecular Hbond substituents is 1. The van der Waals surface area contributed by atoms with Crippen LogP contribution in [0.4, 0.5) is 0 Å². The van der Waals surface area contributed by atoms with Gasteiger partial charge in [0.2, 0.25) is 0 Å². The van der Waals surface area contributed by atoms with Gasteiger partial charge < -0.3 is 0 Å². The molecule has 0 aromatic heterocycles. The van der Waals surface area contributed by atoms with Gasteiger partial charge in [-0.15, -0.1) is 12.4 Å². The van der Waals surface area contributed by atoms with Gasteiger partial charge in [0, 0.05) is 0 Å². The number of hydrogen-bond acceptors (Lipinski definition) is 1. The fraction of sp³-hybridized carbons (Fsp3) is 0. The summed E-state index contributed by atoms with van der Waals surface area (Å²) < 4.78 is 0.918. The third-order valence-corrected chi connectivity index (χ3v) is 2.35. The summed E-state index contributed by atoms with van der Waals surface area (Å²) in [5, 5.41) is 9.42. The van der Waals surface area contributed by atoms with Gasteiger partial charge in [0.05, 0.1) is 0 Å². The van der Waals surface area contributed by atoms with Gasteiger partial charge in [-0.25, -0.2) is 0 Å². The van der Waals surface area contributed by atoms with Crippen LogP contribution in [-0.4, -0.2) is 22.0 Å². The SMILES string of the molecule is Cl.Oc1ccc([As])c(Cl)c1. The Morgan fingerprint density at radius 1 is 1.40 bits per heavy atom. The summed E-state index contributed by atoms with van der Waals surface area (Å²) in [6.45, 7) is 0. The molecule has 0 amide bonds. The Balaban J connectivity index is 0.000000810. The minimum absolute atomic E-state index is 0. The maximum atomic E-state index is 8.85. The molecule has 0 unspecified atom stereocenters. The zero-order valence-corrected chi connectivity index (χ0v) is 8.36. The molecular formula is C6H5AsCl2O. The second kappa shape index (κ2) is 4.12. The van der Waals surface area contributed by atoms with Crippen molar-refractivity contribution in [3.05, 3.63) is 23.2 Å². The van der Waals surface area contributed by atoms with Gasteiger partial charge in [-0.1, -0.05) is 0 Å². The predicted molar refractivity (Wildman–Crippen MR) is 45.8 cm³/mol. The van der Waals surface area contributed by atoms with E-state index in [9.17, 15) is 0 Å². The van der Waals surface area contributed by atoms with E-state index in [4.69, 9.17) is 16.7 Å². The number of halogens is 2. The van der Waals surface area contributed by atoms with E-state index >= 15 is 0 Å². The molecule has 0 fully saturated rings. The molecule has 1 aromatic rings. The van der Waals surface area contributed by atoms with Crippen molar-refractivity contribution < 1.29 is 5.11 Å². The van der Waals surface area contributed by atoms with E-state index in [1.54, 1.807) is 12.1 Å². The summed E-state index contributed by atoms with van der Waals surface area (Å²) >= 11 is 7.96. The molecule has 0 aliphatic carbocycles. The van der Waals surface area contributed by atoms with Crippen molar-refractivity contribution in [2.24, 2.45) is 0 Å². The van der Waals surface area contributed by atoms with Crippen molar-refractivity contribution in [2.45, 2.75) is 0 Å². The average Bonchev–Trinajstić information content (AvgIpc) is 1.80. The molecule has 10 heavy (non-hydrogen) atoms. The summed E-state index contributed by atoms with van der Waals surface area (Å²) in [5.74, 6) is 0.204. The van der Waals surface area contributed by atoms with Crippen molar-refractivity contribution in [1.29, 1.82) is 0 Å². The molecule has 0 saturated heterocycles. The standard InChI is InChI=1S/C6H4AsClO.ClH/c7-5-2-1-4(9)3-6(5)8;/h1-3,9H;1H. The Hall–Kier alpha value is 0.158. The van der Waals surface area contributed by atoms with E-state index in [0.717, 1.165) is 4.35 Å². The molecule has 0 bridgehead atoms. The normalized spacial score (nSPS) is 8.60. The van der Waals surface area contributed by atoms with Crippen LogP contribution in [0.25, 0.3) is 0 Å². The second-order valence-corrected chi connectivity index (χ2v) is 3.05. The molecule has 0 atom stereocenters. The van der Waals surface area contributed by atoms with Gasteiger partial charge in [0.1, 0.15) is 0 Å². The molecule has 0 saturated carbocycles. The summed E-state index contributed by atoms with van der Waals surface area (Å²) in [5.41, 5.74) is 0. The van der Waals surface area contributed by atoms with Crippen LogP contribution >= 0.6 is 24.0 Å². The van der Waals surface area contributed by atoms with Gasteiger partial charge in [-0.05, 0) is 0 Å². The molecule has 4 heteroatoms. The van der Waals surface area contributed by atoms with Gasteiger partial charge in [0.15, 0.2) is 0 Å². The summed E-state index contributed by atoms with van der Waals surface area (Å²) in [4.78, 5) is 0. The molecule has 54 valence electrons. The maximum absolute atomic E-state index is 8.85. The molecule has 1 rings (SSSR count). The van der Waals surface area contributed by atoms with Crippen molar-refractivity contribution in [2.75, 3.05) is 0 Å². The summed E-state index contributed by atoms with van der Waals surface area (Å²) in [6.07, 6.45) is 0. The Morgan fingerprint density at radius 3 is 2.40 bits per heavy atom. The Kier molecular flexibility index (Phi) is 4.19. The third kappa shape index (κ3) is 2.41. The molecular weight excluding hydrogens is 234 g/mol. The topological polar surface area (TPSA) is 20.2 Å². The van der Waals surface area contributed by atoms with E-state index < -0.39 is 0 Å². The molecule has 1 N–H and O–H groups in total.